The zero-order valence-corrected chi connectivity index (χ0v) is 13.9. The van der Waals surface area contributed by atoms with Gasteiger partial charge < -0.3 is 9.47 Å². The van der Waals surface area contributed by atoms with Crippen LogP contribution >= 0.6 is 11.6 Å². The summed E-state index contributed by atoms with van der Waals surface area (Å²) in [6, 6.07) is 7.57. The molecule has 1 aromatic carbocycles. The van der Waals surface area contributed by atoms with Crippen LogP contribution in [0.25, 0.3) is 0 Å². The Bertz CT molecular complexity index is 468. The van der Waals surface area contributed by atoms with Gasteiger partial charge in [-0.25, -0.2) is 0 Å². The summed E-state index contributed by atoms with van der Waals surface area (Å²) in [6.45, 7) is 4.61. The molecule has 4 nitrogen and oxygen atoms in total. The summed E-state index contributed by atoms with van der Waals surface area (Å²) in [7, 11) is 0. The van der Waals surface area contributed by atoms with Crippen molar-refractivity contribution in [1.29, 1.82) is 0 Å². The van der Waals surface area contributed by atoms with Gasteiger partial charge in [-0.05, 0) is 23.5 Å². The lowest BCUT2D eigenvalue weighted by Gasteiger charge is -2.07. The van der Waals surface area contributed by atoms with Crippen molar-refractivity contribution in [3.05, 3.63) is 35.4 Å². The van der Waals surface area contributed by atoms with Gasteiger partial charge in [0.1, 0.15) is 6.61 Å². The zero-order valence-electron chi connectivity index (χ0n) is 13.1. The Balaban J connectivity index is 2.16. The number of benzene rings is 1. The third kappa shape index (κ3) is 8.03. The second-order valence-corrected chi connectivity index (χ2v) is 5.81. The Morgan fingerprint density at radius 3 is 2.09 bits per heavy atom. The van der Waals surface area contributed by atoms with Crippen molar-refractivity contribution in [2.75, 3.05) is 6.61 Å². The van der Waals surface area contributed by atoms with Crippen molar-refractivity contribution in [1.82, 2.24) is 0 Å². The van der Waals surface area contributed by atoms with Gasteiger partial charge in [0.2, 0.25) is 0 Å². The van der Waals surface area contributed by atoms with Gasteiger partial charge in [0, 0.05) is 18.7 Å². The molecule has 22 heavy (non-hydrogen) atoms. The van der Waals surface area contributed by atoms with Crippen molar-refractivity contribution in [3.63, 3.8) is 0 Å². The van der Waals surface area contributed by atoms with Crippen LogP contribution in [0.2, 0.25) is 0 Å². The second kappa shape index (κ2) is 10.2. The van der Waals surface area contributed by atoms with Crippen molar-refractivity contribution in [2.45, 2.75) is 45.6 Å². The minimum Gasteiger partial charge on any atom is -0.465 e. The smallest absolute Gasteiger partial charge is 0.306 e. The third-order valence-corrected chi connectivity index (χ3v) is 3.23. The predicted molar refractivity (Wildman–Crippen MR) is 85.4 cm³/mol. The lowest BCUT2D eigenvalue weighted by Crippen LogP contribution is -2.11. The minimum absolute atomic E-state index is 0.219. The summed E-state index contributed by atoms with van der Waals surface area (Å²) in [5.74, 6) is 0.211. The van der Waals surface area contributed by atoms with Crippen LogP contribution in [0.1, 0.15) is 44.2 Å². The summed E-state index contributed by atoms with van der Waals surface area (Å²) < 4.78 is 10.2. The number of esters is 2. The number of hydrogen-bond donors (Lipinski definition) is 0. The fourth-order valence-electron chi connectivity index (χ4n) is 1.67. The van der Waals surface area contributed by atoms with Gasteiger partial charge >= 0.3 is 11.9 Å². The van der Waals surface area contributed by atoms with Crippen molar-refractivity contribution < 1.29 is 19.1 Å². The Labute approximate surface area is 136 Å². The average molecular weight is 327 g/mol. The second-order valence-electron chi connectivity index (χ2n) is 5.54. The molecular weight excluding hydrogens is 304 g/mol. The molecule has 0 heterocycles. The standard InChI is InChI=1S/C17H23ClO4/c1-13(2)11-21-16(19)4-3-5-17(20)22-12-15-8-6-14(10-18)7-9-15/h6-9,13H,3-5,10-12H2,1-2H3. The van der Waals surface area contributed by atoms with Crippen LogP contribution in [0, 0.1) is 5.92 Å². The van der Waals surface area contributed by atoms with E-state index in [1.165, 1.54) is 0 Å². The summed E-state index contributed by atoms with van der Waals surface area (Å²) in [5.41, 5.74) is 1.94. The summed E-state index contributed by atoms with van der Waals surface area (Å²) in [6.07, 6.45) is 0.906. The highest BCUT2D eigenvalue weighted by atomic mass is 35.5. The third-order valence-electron chi connectivity index (χ3n) is 2.92. The Morgan fingerprint density at radius 2 is 1.55 bits per heavy atom. The summed E-state index contributed by atoms with van der Waals surface area (Å²) >= 11 is 5.71. The van der Waals surface area contributed by atoms with Crippen LogP contribution in [0.15, 0.2) is 24.3 Å². The van der Waals surface area contributed by atoms with E-state index in [0.29, 0.717) is 24.8 Å². The molecule has 1 rings (SSSR count). The van der Waals surface area contributed by atoms with Gasteiger partial charge in [-0.3, -0.25) is 9.59 Å². The Kier molecular flexibility index (Phi) is 8.60. The number of hydrogen-bond acceptors (Lipinski definition) is 4. The largest absolute Gasteiger partial charge is 0.465 e. The first-order valence-corrected chi connectivity index (χ1v) is 7.99. The summed E-state index contributed by atoms with van der Waals surface area (Å²) in [5, 5.41) is 0. The van der Waals surface area contributed by atoms with E-state index in [-0.39, 0.29) is 31.4 Å². The van der Waals surface area contributed by atoms with Gasteiger partial charge in [-0.2, -0.15) is 0 Å². The van der Waals surface area contributed by atoms with E-state index in [1.54, 1.807) is 0 Å². The molecule has 0 aliphatic carbocycles. The predicted octanol–water partition coefficient (Wildman–Crippen LogP) is 3.84. The maximum Gasteiger partial charge on any atom is 0.306 e. The number of ether oxygens (including phenoxy) is 2. The van der Waals surface area contributed by atoms with E-state index in [0.717, 1.165) is 11.1 Å². The van der Waals surface area contributed by atoms with Gasteiger partial charge in [0.15, 0.2) is 0 Å². The molecule has 0 aromatic heterocycles. The maximum absolute atomic E-state index is 11.6. The van der Waals surface area contributed by atoms with Gasteiger partial charge in [-0.15, -0.1) is 11.6 Å². The average Bonchev–Trinajstić information content (AvgIpc) is 2.51. The normalized spacial score (nSPS) is 10.5. The number of alkyl halides is 1. The van der Waals surface area contributed by atoms with Crippen LogP contribution < -0.4 is 0 Å². The maximum atomic E-state index is 11.6. The lowest BCUT2D eigenvalue weighted by molar-refractivity contribution is -0.146. The van der Waals surface area contributed by atoms with E-state index in [4.69, 9.17) is 21.1 Å². The molecule has 0 spiro atoms. The quantitative estimate of drug-likeness (QED) is 0.511. The fourth-order valence-corrected chi connectivity index (χ4v) is 1.85. The van der Waals surface area contributed by atoms with E-state index < -0.39 is 0 Å². The van der Waals surface area contributed by atoms with Crippen molar-refractivity contribution in [3.8, 4) is 0 Å². The SMILES string of the molecule is CC(C)COC(=O)CCCC(=O)OCc1ccc(CCl)cc1. The van der Waals surface area contributed by atoms with E-state index in [1.807, 2.05) is 38.1 Å². The molecule has 0 aliphatic heterocycles. The molecule has 0 radical (unpaired) electrons. The van der Waals surface area contributed by atoms with Crippen LogP contribution in [0.4, 0.5) is 0 Å². The molecule has 5 heteroatoms. The van der Waals surface area contributed by atoms with Crippen LogP contribution in [-0.4, -0.2) is 18.5 Å². The molecule has 0 aliphatic rings. The Morgan fingerprint density at radius 1 is 1.00 bits per heavy atom. The van der Waals surface area contributed by atoms with E-state index in [2.05, 4.69) is 0 Å². The molecule has 0 amide bonds. The molecular formula is C17H23ClO4. The first-order chi connectivity index (χ1) is 10.5. The minimum atomic E-state index is -0.307. The first kappa shape index (κ1) is 18.5. The Hall–Kier alpha value is -1.55. The molecule has 0 atom stereocenters. The highest BCUT2D eigenvalue weighted by molar-refractivity contribution is 6.17. The molecule has 0 saturated carbocycles. The van der Waals surface area contributed by atoms with E-state index in [9.17, 15) is 9.59 Å². The molecule has 0 unspecified atom stereocenters. The van der Waals surface area contributed by atoms with Gasteiger partial charge in [-0.1, -0.05) is 38.1 Å². The van der Waals surface area contributed by atoms with Gasteiger partial charge in [0.05, 0.1) is 6.61 Å². The number of carbonyl (C=O) groups excluding carboxylic acids is 2. The molecule has 122 valence electrons. The molecule has 1 aromatic rings. The fraction of sp³-hybridized carbons (Fsp3) is 0.529. The number of carbonyl (C=O) groups is 2. The van der Waals surface area contributed by atoms with Crippen LogP contribution in [-0.2, 0) is 31.5 Å². The van der Waals surface area contributed by atoms with Crippen molar-refractivity contribution in [2.24, 2.45) is 5.92 Å². The number of halogens is 1. The zero-order chi connectivity index (χ0) is 16.4. The molecule has 0 fully saturated rings. The highest BCUT2D eigenvalue weighted by Crippen LogP contribution is 2.09. The molecule has 0 N–H and O–H groups in total. The van der Waals surface area contributed by atoms with E-state index >= 15 is 0 Å². The molecule has 0 bridgehead atoms. The summed E-state index contributed by atoms with van der Waals surface area (Å²) in [4.78, 5) is 23.0. The van der Waals surface area contributed by atoms with Gasteiger partial charge in [0.25, 0.3) is 0 Å². The van der Waals surface area contributed by atoms with Crippen LogP contribution in [0.5, 0.6) is 0 Å². The lowest BCUT2D eigenvalue weighted by atomic mass is 10.2. The first-order valence-electron chi connectivity index (χ1n) is 7.46. The topological polar surface area (TPSA) is 52.6 Å². The monoisotopic (exact) mass is 326 g/mol. The van der Waals surface area contributed by atoms with Crippen molar-refractivity contribution >= 4 is 23.5 Å². The van der Waals surface area contributed by atoms with Crippen LogP contribution in [0.3, 0.4) is 0 Å². The highest BCUT2D eigenvalue weighted by Gasteiger charge is 2.08. The molecule has 0 saturated heterocycles. The number of rotatable bonds is 9.